The fourth-order valence-electron chi connectivity index (χ4n) is 3.41. The second-order valence-corrected chi connectivity index (χ2v) is 8.11. The molecule has 10 heteroatoms. The molecular weight excluding hydrogens is 418 g/mol. The van der Waals surface area contributed by atoms with Gasteiger partial charge in [0, 0.05) is 6.54 Å². The van der Waals surface area contributed by atoms with Crippen LogP contribution >= 0.6 is 11.5 Å². The number of methoxy groups -OCH3 is 1. The lowest BCUT2D eigenvalue weighted by atomic mass is 10.2. The van der Waals surface area contributed by atoms with Crippen LogP contribution in [0.2, 0.25) is 0 Å². The Morgan fingerprint density at radius 3 is 2.81 bits per heavy atom. The quantitative estimate of drug-likeness (QED) is 0.456. The van der Waals surface area contributed by atoms with Crippen LogP contribution in [0.3, 0.4) is 0 Å². The highest BCUT2D eigenvalue weighted by molar-refractivity contribution is 7.11. The molecule has 2 heterocycles. The number of nitrogens with two attached hydrogens (primary N) is 1. The summed E-state index contributed by atoms with van der Waals surface area (Å²) in [5.41, 5.74) is 6.42. The van der Waals surface area contributed by atoms with Gasteiger partial charge < -0.3 is 25.4 Å². The Bertz CT molecular complexity index is 882. The maximum absolute atomic E-state index is 12.2. The molecule has 2 aromatic rings. The first-order chi connectivity index (χ1) is 15.1. The minimum atomic E-state index is -0.713. The normalized spacial score (nSPS) is 13.7. The number of hydrogen-bond donors (Lipinski definition) is 3. The predicted molar refractivity (Wildman–Crippen MR) is 120 cm³/mol. The third kappa shape index (κ3) is 6.83. The molecule has 1 saturated heterocycles. The van der Waals surface area contributed by atoms with Crippen LogP contribution in [0.1, 0.15) is 41.6 Å². The summed E-state index contributed by atoms with van der Waals surface area (Å²) in [6.07, 6.45) is 4.49. The van der Waals surface area contributed by atoms with Crippen molar-refractivity contribution in [3.05, 3.63) is 35.4 Å². The standard InChI is InChI=1S/C21H29N5O4S/c1-29-16-8-6-7-15(13-16)14-30-19-17(18(22)27)20(31-25-19)24-21(28)23-9-2-3-10-26-11-4-5-12-26/h6-8,13H,2-5,9-12,14H2,1H3,(H2,22,27)(H2,23,24,28). The number of anilines is 1. The fraction of sp³-hybridized carbons (Fsp3) is 0.476. The third-order valence-electron chi connectivity index (χ3n) is 5.03. The summed E-state index contributed by atoms with van der Waals surface area (Å²) in [6.45, 7) is 4.17. The molecule has 4 N–H and O–H groups in total. The number of benzene rings is 1. The predicted octanol–water partition coefficient (Wildman–Crippen LogP) is 2.83. The number of primary amides is 1. The Kier molecular flexibility index (Phi) is 8.48. The Morgan fingerprint density at radius 2 is 2.06 bits per heavy atom. The van der Waals surface area contributed by atoms with Crippen molar-refractivity contribution in [2.45, 2.75) is 32.3 Å². The van der Waals surface area contributed by atoms with Crippen molar-refractivity contribution in [2.75, 3.05) is 38.6 Å². The van der Waals surface area contributed by atoms with E-state index in [9.17, 15) is 9.59 Å². The first-order valence-electron chi connectivity index (χ1n) is 10.4. The average Bonchev–Trinajstić information content (AvgIpc) is 3.42. The zero-order chi connectivity index (χ0) is 22.1. The van der Waals surface area contributed by atoms with E-state index in [0.717, 1.165) is 36.5 Å². The largest absolute Gasteiger partial charge is 0.497 e. The van der Waals surface area contributed by atoms with E-state index in [1.807, 2.05) is 24.3 Å². The molecule has 1 aliphatic heterocycles. The molecule has 1 aromatic carbocycles. The van der Waals surface area contributed by atoms with Crippen molar-refractivity contribution in [2.24, 2.45) is 5.73 Å². The van der Waals surface area contributed by atoms with Crippen molar-refractivity contribution in [3.8, 4) is 11.6 Å². The number of nitrogens with one attached hydrogen (secondary N) is 2. The van der Waals surface area contributed by atoms with Gasteiger partial charge in [0.05, 0.1) is 7.11 Å². The number of likely N-dealkylation sites (tertiary alicyclic amines) is 1. The molecule has 0 aliphatic carbocycles. The van der Waals surface area contributed by atoms with Crippen LogP contribution < -0.4 is 25.8 Å². The van der Waals surface area contributed by atoms with Gasteiger partial charge in [-0.15, -0.1) is 0 Å². The summed E-state index contributed by atoms with van der Waals surface area (Å²) in [5.74, 6) is 0.0884. The minimum absolute atomic E-state index is 0.0667. The summed E-state index contributed by atoms with van der Waals surface area (Å²) < 4.78 is 15.0. The second kappa shape index (κ2) is 11.5. The van der Waals surface area contributed by atoms with Gasteiger partial charge in [0.15, 0.2) is 0 Å². The lowest BCUT2D eigenvalue weighted by Gasteiger charge is -2.14. The molecule has 1 aromatic heterocycles. The van der Waals surface area contributed by atoms with E-state index in [0.29, 0.717) is 12.3 Å². The van der Waals surface area contributed by atoms with Gasteiger partial charge in [-0.2, -0.15) is 4.37 Å². The maximum Gasteiger partial charge on any atom is 0.319 e. The van der Waals surface area contributed by atoms with Crippen LogP contribution in [0, 0.1) is 0 Å². The van der Waals surface area contributed by atoms with Crippen LogP contribution in [0.15, 0.2) is 24.3 Å². The molecule has 0 radical (unpaired) electrons. The molecule has 1 aliphatic rings. The van der Waals surface area contributed by atoms with Crippen LogP contribution in [-0.4, -0.2) is 54.5 Å². The minimum Gasteiger partial charge on any atom is -0.497 e. The van der Waals surface area contributed by atoms with Crippen molar-refractivity contribution < 1.29 is 19.1 Å². The highest BCUT2D eigenvalue weighted by Crippen LogP contribution is 2.30. The summed E-state index contributed by atoms with van der Waals surface area (Å²) in [4.78, 5) is 26.6. The van der Waals surface area contributed by atoms with Crippen LogP contribution in [0.4, 0.5) is 9.80 Å². The van der Waals surface area contributed by atoms with E-state index >= 15 is 0 Å². The number of carbonyl (C=O) groups is 2. The number of rotatable bonds is 11. The summed E-state index contributed by atoms with van der Waals surface area (Å²) >= 11 is 0.957. The van der Waals surface area contributed by atoms with Crippen LogP contribution in [-0.2, 0) is 6.61 Å². The topological polar surface area (TPSA) is 119 Å². The molecule has 0 saturated carbocycles. The first kappa shape index (κ1) is 22.8. The van der Waals surface area contributed by atoms with Crippen molar-refractivity contribution in [3.63, 3.8) is 0 Å². The molecule has 1 fully saturated rings. The molecule has 9 nitrogen and oxygen atoms in total. The third-order valence-corrected chi connectivity index (χ3v) is 5.78. The van der Waals surface area contributed by atoms with Crippen molar-refractivity contribution in [1.82, 2.24) is 14.6 Å². The van der Waals surface area contributed by atoms with Crippen LogP contribution in [0.25, 0.3) is 0 Å². The SMILES string of the molecule is COc1cccc(COc2nsc(NC(=O)NCCCCN3CCCC3)c2C(N)=O)c1. The zero-order valence-corrected chi connectivity index (χ0v) is 18.5. The fourth-order valence-corrected chi connectivity index (χ4v) is 4.14. The van der Waals surface area contributed by atoms with E-state index in [-0.39, 0.29) is 23.1 Å². The van der Waals surface area contributed by atoms with Gasteiger partial charge in [0.2, 0.25) is 5.88 Å². The molecule has 0 bridgehead atoms. The maximum atomic E-state index is 12.2. The van der Waals surface area contributed by atoms with Gasteiger partial charge in [-0.05, 0) is 74.5 Å². The average molecular weight is 448 g/mol. The van der Waals surface area contributed by atoms with Gasteiger partial charge in [0.1, 0.15) is 22.9 Å². The highest BCUT2D eigenvalue weighted by Gasteiger charge is 2.22. The van der Waals surface area contributed by atoms with E-state index in [1.54, 1.807) is 7.11 Å². The summed E-state index contributed by atoms with van der Waals surface area (Å²) in [5, 5.41) is 5.73. The summed E-state index contributed by atoms with van der Waals surface area (Å²) in [7, 11) is 1.59. The highest BCUT2D eigenvalue weighted by atomic mass is 32.1. The second-order valence-electron chi connectivity index (χ2n) is 7.33. The zero-order valence-electron chi connectivity index (χ0n) is 17.7. The van der Waals surface area contributed by atoms with Gasteiger partial charge in [-0.25, -0.2) is 4.79 Å². The number of urea groups is 1. The number of unbranched alkanes of at least 4 members (excludes halogenated alkanes) is 1. The molecule has 0 atom stereocenters. The van der Waals surface area contributed by atoms with E-state index in [4.69, 9.17) is 15.2 Å². The smallest absolute Gasteiger partial charge is 0.319 e. The summed E-state index contributed by atoms with van der Waals surface area (Å²) in [6, 6.07) is 6.97. The van der Waals surface area contributed by atoms with Gasteiger partial charge in [0.25, 0.3) is 5.91 Å². The Balaban J connectivity index is 1.48. The van der Waals surface area contributed by atoms with Crippen molar-refractivity contribution >= 4 is 28.5 Å². The number of nitrogens with zero attached hydrogens (tertiary/aromatic N) is 2. The first-order valence-corrected chi connectivity index (χ1v) is 11.2. The van der Waals surface area contributed by atoms with E-state index in [2.05, 4.69) is 19.9 Å². The van der Waals surface area contributed by atoms with Gasteiger partial charge in [-0.3, -0.25) is 10.1 Å². The van der Waals surface area contributed by atoms with E-state index < -0.39 is 11.9 Å². The Morgan fingerprint density at radius 1 is 1.26 bits per heavy atom. The van der Waals surface area contributed by atoms with E-state index in [1.165, 1.54) is 25.9 Å². The molecule has 168 valence electrons. The molecule has 0 spiro atoms. The van der Waals surface area contributed by atoms with Gasteiger partial charge in [-0.1, -0.05) is 12.1 Å². The lowest BCUT2D eigenvalue weighted by Crippen LogP contribution is -2.30. The van der Waals surface area contributed by atoms with Crippen LogP contribution in [0.5, 0.6) is 11.6 Å². The number of ether oxygens (including phenoxy) is 2. The molecule has 0 unspecified atom stereocenters. The number of hydrogen-bond acceptors (Lipinski definition) is 7. The molecular formula is C21H29N5O4S. The Labute approximate surface area is 186 Å². The Hall–Kier alpha value is -2.85. The number of aromatic nitrogens is 1. The molecule has 3 rings (SSSR count). The molecule has 3 amide bonds. The lowest BCUT2D eigenvalue weighted by molar-refractivity contribution is 0.0996. The number of carbonyl (C=O) groups excluding carboxylic acids is 2. The molecule has 31 heavy (non-hydrogen) atoms. The van der Waals surface area contributed by atoms with Crippen molar-refractivity contribution in [1.29, 1.82) is 0 Å². The monoisotopic (exact) mass is 447 g/mol. The number of amides is 3. The van der Waals surface area contributed by atoms with Gasteiger partial charge >= 0.3 is 6.03 Å².